The van der Waals surface area contributed by atoms with E-state index < -0.39 is 10.0 Å². The van der Waals surface area contributed by atoms with Gasteiger partial charge in [0.05, 0.1) is 16.5 Å². The van der Waals surface area contributed by atoms with E-state index in [1.54, 1.807) is 12.1 Å². The minimum Gasteiger partial charge on any atom is -0.496 e. The fourth-order valence-corrected chi connectivity index (χ4v) is 3.97. The van der Waals surface area contributed by atoms with Gasteiger partial charge in [0.1, 0.15) is 5.75 Å². The third-order valence-corrected chi connectivity index (χ3v) is 5.85. The number of sulfonamides is 1. The van der Waals surface area contributed by atoms with Crippen molar-refractivity contribution in [2.24, 2.45) is 0 Å². The summed E-state index contributed by atoms with van der Waals surface area (Å²) in [4.78, 5) is 0.181. The summed E-state index contributed by atoms with van der Waals surface area (Å²) in [5.41, 5.74) is 3.45. The van der Waals surface area contributed by atoms with Crippen molar-refractivity contribution in [3.05, 3.63) is 57.6 Å². The van der Waals surface area contributed by atoms with Gasteiger partial charge >= 0.3 is 0 Å². The molecule has 5 nitrogen and oxygen atoms in total. The van der Waals surface area contributed by atoms with Gasteiger partial charge in [0.25, 0.3) is 0 Å². The molecular formula is C16H17BrN2O3S. The average molecular weight is 397 g/mol. The zero-order valence-electron chi connectivity index (χ0n) is 12.6. The molecule has 2 aromatic rings. The topological polar surface area (TPSA) is 67.4 Å². The zero-order chi connectivity index (χ0) is 16.4. The lowest BCUT2D eigenvalue weighted by Crippen LogP contribution is -2.23. The third-order valence-electron chi connectivity index (χ3n) is 3.80. The minimum absolute atomic E-state index is 0.181. The Morgan fingerprint density at radius 3 is 2.74 bits per heavy atom. The molecule has 0 spiro atoms. The van der Waals surface area contributed by atoms with Crippen molar-refractivity contribution in [2.75, 3.05) is 7.11 Å². The molecule has 0 aromatic heterocycles. The van der Waals surface area contributed by atoms with Crippen molar-refractivity contribution in [1.29, 1.82) is 0 Å². The summed E-state index contributed by atoms with van der Waals surface area (Å²) >= 11 is 3.32. The van der Waals surface area contributed by atoms with E-state index in [1.165, 1.54) is 24.3 Å². The molecule has 1 heterocycles. The molecule has 1 aliphatic rings. The highest BCUT2D eigenvalue weighted by molar-refractivity contribution is 9.10. The molecule has 0 bridgehead atoms. The van der Waals surface area contributed by atoms with Crippen LogP contribution < -0.4 is 14.8 Å². The van der Waals surface area contributed by atoms with E-state index in [0.29, 0.717) is 10.2 Å². The largest absolute Gasteiger partial charge is 0.496 e. The van der Waals surface area contributed by atoms with Gasteiger partial charge in [-0.3, -0.25) is 0 Å². The van der Waals surface area contributed by atoms with Crippen LogP contribution in [0.5, 0.6) is 5.75 Å². The Bertz CT molecular complexity index is 837. The van der Waals surface area contributed by atoms with Crippen molar-refractivity contribution < 1.29 is 13.2 Å². The molecule has 0 unspecified atom stereocenters. The number of benzene rings is 2. The normalized spacial score (nSPS) is 13.8. The van der Waals surface area contributed by atoms with Crippen molar-refractivity contribution in [3.63, 3.8) is 0 Å². The van der Waals surface area contributed by atoms with E-state index in [0.717, 1.165) is 18.7 Å². The van der Waals surface area contributed by atoms with E-state index in [4.69, 9.17) is 4.74 Å². The van der Waals surface area contributed by atoms with Crippen LogP contribution in [0.25, 0.3) is 0 Å². The third kappa shape index (κ3) is 3.58. The molecule has 0 saturated carbocycles. The maximum atomic E-state index is 12.4. The highest BCUT2D eigenvalue weighted by atomic mass is 79.9. The molecule has 2 aromatic carbocycles. The van der Waals surface area contributed by atoms with Gasteiger partial charge < -0.3 is 10.1 Å². The standard InChI is InChI=1S/C16H17BrN2O3S/c1-22-16-7-14(4-5-15(16)17)23(20,21)19-8-11-2-3-12-9-18-10-13(12)6-11/h2-7,18-19H,8-10H2,1H3. The lowest BCUT2D eigenvalue weighted by molar-refractivity contribution is 0.410. The summed E-state index contributed by atoms with van der Waals surface area (Å²) in [5, 5.41) is 3.27. The molecule has 0 fully saturated rings. The predicted molar refractivity (Wildman–Crippen MR) is 91.7 cm³/mol. The molecule has 7 heteroatoms. The SMILES string of the molecule is COc1cc(S(=O)(=O)NCc2ccc3c(c2)CNC3)ccc1Br. The Kier molecular flexibility index (Phi) is 4.72. The van der Waals surface area contributed by atoms with Crippen LogP contribution in [0.1, 0.15) is 16.7 Å². The number of hydrogen-bond acceptors (Lipinski definition) is 4. The van der Waals surface area contributed by atoms with E-state index in [1.807, 2.05) is 18.2 Å². The van der Waals surface area contributed by atoms with Gasteiger partial charge in [0, 0.05) is 25.7 Å². The van der Waals surface area contributed by atoms with Crippen LogP contribution in [0.4, 0.5) is 0 Å². The Hall–Kier alpha value is -1.41. The Morgan fingerprint density at radius 1 is 1.17 bits per heavy atom. The summed E-state index contributed by atoms with van der Waals surface area (Å²) in [5.74, 6) is 0.483. The highest BCUT2D eigenvalue weighted by Gasteiger charge is 2.17. The van der Waals surface area contributed by atoms with Crippen molar-refractivity contribution in [1.82, 2.24) is 10.0 Å². The van der Waals surface area contributed by atoms with Gasteiger partial charge in [-0.15, -0.1) is 0 Å². The van der Waals surface area contributed by atoms with Crippen LogP contribution in [-0.4, -0.2) is 15.5 Å². The summed E-state index contributed by atoms with van der Waals surface area (Å²) < 4.78 is 33.3. The first-order valence-electron chi connectivity index (χ1n) is 7.14. The number of ether oxygens (including phenoxy) is 1. The van der Waals surface area contributed by atoms with Gasteiger partial charge in [-0.2, -0.15) is 0 Å². The van der Waals surface area contributed by atoms with Crippen LogP contribution in [0.15, 0.2) is 45.8 Å². The Balaban J connectivity index is 1.76. The highest BCUT2D eigenvalue weighted by Crippen LogP contribution is 2.27. The first kappa shape index (κ1) is 16.4. The predicted octanol–water partition coefficient (Wildman–Crippen LogP) is 2.54. The van der Waals surface area contributed by atoms with Crippen molar-refractivity contribution >= 4 is 26.0 Å². The molecule has 122 valence electrons. The molecular weight excluding hydrogens is 380 g/mol. The minimum atomic E-state index is -3.59. The first-order valence-corrected chi connectivity index (χ1v) is 9.42. The maximum Gasteiger partial charge on any atom is 0.241 e. The van der Waals surface area contributed by atoms with Crippen molar-refractivity contribution in [2.45, 2.75) is 24.5 Å². The quantitative estimate of drug-likeness (QED) is 0.814. The Morgan fingerprint density at radius 2 is 1.96 bits per heavy atom. The lowest BCUT2D eigenvalue weighted by Gasteiger charge is -2.10. The lowest BCUT2D eigenvalue weighted by atomic mass is 10.1. The van der Waals surface area contributed by atoms with Gasteiger partial charge in [-0.25, -0.2) is 13.1 Å². The summed E-state index contributed by atoms with van der Waals surface area (Å²) in [6.45, 7) is 1.97. The number of halogens is 1. The van der Waals surface area contributed by atoms with E-state index in [2.05, 4.69) is 26.0 Å². The Labute approximate surface area is 144 Å². The second-order valence-corrected chi connectivity index (χ2v) is 7.95. The van der Waals surface area contributed by atoms with Crippen LogP contribution in [-0.2, 0) is 29.7 Å². The van der Waals surface area contributed by atoms with E-state index in [9.17, 15) is 8.42 Å². The number of methoxy groups -OCH3 is 1. The van der Waals surface area contributed by atoms with E-state index in [-0.39, 0.29) is 11.4 Å². The van der Waals surface area contributed by atoms with Crippen LogP contribution >= 0.6 is 15.9 Å². The average Bonchev–Trinajstić information content (AvgIpc) is 3.01. The number of rotatable bonds is 5. The molecule has 2 N–H and O–H groups in total. The number of fused-ring (bicyclic) bond motifs is 1. The van der Waals surface area contributed by atoms with Crippen LogP contribution in [0.3, 0.4) is 0 Å². The van der Waals surface area contributed by atoms with Gasteiger partial charge in [-0.05, 0) is 44.8 Å². The molecule has 0 radical (unpaired) electrons. The molecule has 3 rings (SSSR count). The monoisotopic (exact) mass is 396 g/mol. The molecule has 1 aliphatic heterocycles. The van der Waals surface area contributed by atoms with Gasteiger partial charge in [-0.1, -0.05) is 18.2 Å². The molecule has 0 amide bonds. The number of nitrogens with one attached hydrogen (secondary N) is 2. The molecule has 0 aliphatic carbocycles. The zero-order valence-corrected chi connectivity index (χ0v) is 15.0. The van der Waals surface area contributed by atoms with Gasteiger partial charge in [0.2, 0.25) is 10.0 Å². The first-order chi connectivity index (χ1) is 11.0. The second-order valence-electron chi connectivity index (χ2n) is 5.33. The molecule has 23 heavy (non-hydrogen) atoms. The second kappa shape index (κ2) is 6.60. The molecule has 0 saturated heterocycles. The van der Waals surface area contributed by atoms with Gasteiger partial charge in [0.15, 0.2) is 0 Å². The molecule has 0 atom stereocenters. The van der Waals surface area contributed by atoms with Crippen LogP contribution in [0, 0.1) is 0 Å². The van der Waals surface area contributed by atoms with E-state index >= 15 is 0 Å². The number of hydrogen-bond donors (Lipinski definition) is 2. The summed E-state index contributed by atoms with van der Waals surface area (Å²) in [6.07, 6.45) is 0. The smallest absolute Gasteiger partial charge is 0.241 e. The fraction of sp³-hybridized carbons (Fsp3) is 0.250. The maximum absolute atomic E-state index is 12.4. The fourth-order valence-electron chi connectivity index (χ4n) is 2.53. The summed E-state index contributed by atoms with van der Waals surface area (Å²) in [7, 11) is -2.09. The summed E-state index contributed by atoms with van der Waals surface area (Å²) in [6, 6.07) is 10.7. The van der Waals surface area contributed by atoms with Crippen LogP contribution in [0.2, 0.25) is 0 Å². The van der Waals surface area contributed by atoms with Crippen molar-refractivity contribution in [3.8, 4) is 5.75 Å².